The van der Waals surface area contributed by atoms with Crippen molar-refractivity contribution in [1.29, 1.82) is 0 Å². The van der Waals surface area contributed by atoms with Crippen molar-refractivity contribution in [2.24, 2.45) is 0 Å². The zero-order valence-corrected chi connectivity index (χ0v) is 12.2. The number of ether oxygens (including phenoxy) is 1. The van der Waals surface area contributed by atoms with Crippen molar-refractivity contribution in [3.8, 4) is 5.88 Å². The fourth-order valence-corrected chi connectivity index (χ4v) is 2.40. The molecule has 4 nitrogen and oxygen atoms in total. The molecule has 0 bridgehead atoms. The third-order valence-corrected chi connectivity index (χ3v) is 3.58. The van der Waals surface area contributed by atoms with Crippen LogP contribution < -0.4 is 4.74 Å². The predicted octanol–water partition coefficient (Wildman–Crippen LogP) is 3.38. The second-order valence-electron chi connectivity index (χ2n) is 4.75. The first-order chi connectivity index (χ1) is 8.72. The standard InChI is InChI=1S/C13H15ClN2O2.ClH/c1-16-6-4-10(5-7-16)17-13-11-3-2-9(14)8-12(11)18-15-13;/h2-3,8,10H,4-7H2,1H3;1H. The van der Waals surface area contributed by atoms with Gasteiger partial charge in [-0.15, -0.1) is 12.4 Å². The minimum Gasteiger partial charge on any atom is -0.472 e. The lowest BCUT2D eigenvalue weighted by Gasteiger charge is -2.28. The van der Waals surface area contributed by atoms with E-state index in [0.717, 1.165) is 31.3 Å². The van der Waals surface area contributed by atoms with E-state index in [4.69, 9.17) is 20.9 Å². The van der Waals surface area contributed by atoms with Crippen molar-refractivity contribution in [1.82, 2.24) is 10.1 Å². The summed E-state index contributed by atoms with van der Waals surface area (Å²) in [7, 11) is 2.13. The molecule has 0 spiro atoms. The fraction of sp³-hybridized carbons (Fsp3) is 0.462. The number of aromatic nitrogens is 1. The van der Waals surface area contributed by atoms with E-state index in [1.54, 1.807) is 6.07 Å². The maximum absolute atomic E-state index is 5.92. The maximum Gasteiger partial charge on any atom is 0.262 e. The highest BCUT2D eigenvalue weighted by molar-refractivity contribution is 6.31. The van der Waals surface area contributed by atoms with Crippen LogP contribution in [0.15, 0.2) is 22.7 Å². The molecule has 3 rings (SSSR count). The lowest BCUT2D eigenvalue weighted by molar-refractivity contribution is 0.107. The minimum atomic E-state index is 0. The van der Waals surface area contributed by atoms with Crippen molar-refractivity contribution < 1.29 is 9.26 Å². The van der Waals surface area contributed by atoms with Crippen LogP contribution >= 0.6 is 24.0 Å². The molecule has 1 aromatic carbocycles. The molecule has 1 aromatic heterocycles. The van der Waals surface area contributed by atoms with E-state index in [1.807, 2.05) is 12.1 Å². The Balaban J connectivity index is 0.00000133. The van der Waals surface area contributed by atoms with Gasteiger partial charge in [0.15, 0.2) is 5.58 Å². The van der Waals surface area contributed by atoms with Gasteiger partial charge in [0.25, 0.3) is 5.88 Å². The summed E-state index contributed by atoms with van der Waals surface area (Å²) in [6, 6.07) is 5.46. The van der Waals surface area contributed by atoms with Gasteiger partial charge in [0.05, 0.1) is 5.39 Å². The average Bonchev–Trinajstić information content (AvgIpc) is 2.74. The molecular weight excluding hydrogens is 287 g/mol. The lowest BCUT2D eigenvalue weighted by Crippen LogP contribution is -2.35. The fourth-order valence-electron chi connectivity index (χ4n) is 2.23. The average molecular weight is 303 g/mol. The summed E-state index contributed by atoms with van der Waals surface area (Å²) in [6.07, 6.45) is 2.28. The maximum atomic E-state index is 5.92. The molecule has 1 aliphatic rings. The van der Waals surface area contributed by atoms with Crippen LogP contribution in [-0.2, 0) is 0 Å². The van der Waals surface area contributed by atoms with Crippen molar-refractivity contribution in [3.63, 3.8) is 0 Å². The second-order valence-corrected chi connectivity index (χ2v) is 5.19. The van der Waals surface area contributed by atoms with Gasteiger partial charge in [-0.25, -0.2) is 0 Å². The highest BCUT2D eigenvalue weighted by Crippen LogP contribution is 2.29. The highest BCUT2D eigenvalue weighted by atomic mass is 35.5. The number of piperidine rings is 1. The van der Waals surface area contributed by atoms with E-state index in [2.05, 4.69) is 17.1 Å². The van der Waals surface area contributed by atoms with Crippen molar-refractivity contribution >= 4 is 35.0 Å². The highest BCUT2D eigenvalue weighted by Gasteiger charge is 2.20. The quantitative estimate of drug-likeness (QED) is 0.852. The van der Waals surface area contributed by atoms with E-state index in [0.29, 0.717) is 16.5 Å². The number of likely N-dealkylation sites (tertiary alicyclic amines) is 1. The summed E-state index contributed by atoms with van der Waals surface area (Å²) < 4.78 is 11.1. The lowest BCUT2D eigenvalue weighted by atomic mass is 10.1. The molecule has 0 radical (unpaired) electrons. The summed E-state index contributed by atoms with van der Waals surface area (Å²) in [6.45, 7) is 2.12. The summed E-state index contributed by atoms with van der Waals surface area (Å²) in [5.74, 6) is 0.580. The molecule has 1 saturated heterocycles. The monoisotopic (exact) mass is 302 g/mol. The van der Waals surface area contributed by atoms with Crippen LogP contribution in [0, 0.1) is 0 Å². The van der Waals surface area contributed by atoms with Crippen molar-refractivity contribution in [2.75, 3.05) is 20.1 Å². The molecule has 1 aliphatic heterocycles. The first-order valence-corrected chi connectivity index (χ1v) is 6.50. The molecule has 0 N–H and O–H groups in total. The number of nitrogens with zero attached hydrogens (tertiary/aromatic N) is 2. The molecule has 2 heterocycles. The van der Waals surface area contributed by atoms with Gasteiger partial charge >= 0.3 is 0 Å². The van der Waals surface area contributed by atoms with Crippen LogP contribution in [0.5, 0.6) is 5.88 Å². The van der Waals surface area contributed by atoms with Gasteiger partial charge in [-0.3, -0.25) is 0 Å². The van der Waals surface area contributed by atoms with Gasteiger partial charge in [0.2, 0.25) is 0 Å². The number of hydrogen-bond donors (Lipinski definition) is 0. The molecule has 0 saturated carbocycles. The number of benzene rings is 1. The summed E-state index contributed by atoms with van der Waals surface area (Å²) >= 11 is 5.90. The molecule has 0 unspecified atom stereocenters. The topological polar surface area (TPSA) is 38.5 Å². The second kappa shape index (κ2) is 5.99. The van der Waals surface area contributed by atoms with Gasteiger partial charge < -0.3 is 14.2 Å². The smallest absolute Gasteiger partial charge is 0.262 e. The zero-order valence-electron chi connectivity index (χ0n) is 10.6. The number of rotatable bonds is 2. The van der Waals surface area contributed by atoms with Crippen LogP contribution in [0.25, 0.3) is 11.0 Å². The first kappa shape index (κ1) is 14.4. The van der Waals surface area contributed by atoms with E-state index >= 15 is 0 Å². The Morgan fingerprint density at radius 3 is 2.84 bits per heavy atom. The Hall–Kier alpha value is -0.970. The van der Waals surface area contributed by atoms with Crippen LogP contribution in [0.3, 0.4) is 0 Å². The van der Waals surface area contributed by atoms with Crippen molar-refractivity contribution in [2.45, 2.75) is 18.9 Å². The summed E-state index contributed by atoms with van der Waals surface area (Å²) in [4.78, 5) is 2.31. The first-order valence-electron chi connectivity index (χ1n) is 6.12. The van der Waals surface area contributed by atoms with Crippen LogP contribution in [0.2, 0.25) is 5.02 Å². The largest absolute Gasteiger partial charge is 0.472 e. The SMILES string of the molecule is CN1CCC(Oc2noc3cc(Cl)ccc23)CC1.Cl. The number of fused-ring (bicyclic) bond motifs is 1. The molecule has 0 amide bonds. The predicted molar refractivity (Wildman–Crippen MR) is 77.4 cm³/mol. The third-order valence-electron chi connectivity index (χ3n) is 3.34. The van der Waals surface area contributed by atoms with E-state index in [-0.39, 0.29) is 18.5 Å². The number of halogens is 2. The van der Waals surface area contributed by atoms with Gasteiger partial charge in [0.1, 0.15) is 6.10 Å². The molecule has 0 atom stereocenters. The third kappa shape index (κ3) is 3.14. The molecular formula is C13H16Cl2N2O2. The molecule has 104 valence electrons. The molecule has 2 aromatic rings. The Kier molecular flexibility index (Phi) is 4.55. The molecule has 19 heavy (non-hydrogen) atoms. The van der Waals surface area contributed by atoms with Gasteiger partial charge in [-0.05, 0) is 37.2 Å². The molecule has 6 heteroatoms. The normalized spacial score (nSPS) is 17.4. The Morgan fingerprint density at radius 2 is 2.11 bits per heavy atom. The Labute approximate surface area is 123 Å². The van der Waals surface area contributed by atoms with Crippen LogP contribution in [0.1, 0.15) is 12.8 Å². The van der Waals surface area contributed by atoms with Crippen LogP contribution in [0.4, 0.5) is 0 Å². The van der Waals surface area contributed by atoms with Gasteiger partial charge in [-0.1, -0.05) is 11.6 Å². The Morgan fingerprint density at radius 1 is 1.37 bits per heavy atom. The number of hydrogen-bond acceptors (Lipinski definition) is 4. The van der Waals surface area contributed by atoms with Gasteiger partial charge in [-0.2, -0.15) is 0 Å². The molecule has 0 aliphatic carbocycles. The van der Waals surface area contributed by atoms with E-state index in [9.17, 15) is 0 Å². The van der Waals surface area contributed by atoms with Gasteiger partial charge in [0, 0.05) is 24.2 Å². The minimum absolute atomic E-state index is 0. The summed E-state index contributed by atoms with van der Waals surface area (Å²) in [5.41, 5.74) is 0.672. The van der Waals surface area contributed by atoms with Crippen LogP contribution in [-0.4, -0.2) is 36.3 Å². The summed E-state index contributed by atoms with van der Waals surface area (Å²) in [5, 5.41) is 5.51. The van der Waals surface area contributed by atoms with Crippen molar-refractivity contribution in [3.05, 3.63) is 23.2 Å². The molecule has 1 fully saturated rings. The van der Waals surface area contributed by atoms with E-state index < -0.39 is 0 Å². The zero-order chi connectivity index (χ0) is 12.5. The Bertz CT molecular complexity index is 551. The van der Waals surface area contributed by atoms with E-state index in [1.165, 1.54) is 0 Å².